The summed E-state index contributed by atoms with van der Waals surface area (Å²) in [5, 5.41) is 9.12. The van der Waals surface area contributed by atoms with Crippen molar-refractivity contribution in [2.24, 2.45) is 0 Å². The number of aromatic nitrogens is 3. The van der Waals surface area contributed by atoms with E-state index in [2.05, 4.69) is 19.7 Å². The molecular weight excluding hydrogens is 498 g/mol. The average molecular weight is 526 g/mol. The summed E-state index contributed by atoms with van der Waals surface area (Å²) in [6, 6.07) is 11.5. The first-order valence-electron chi connectivity index (χ1n) is 11.1. The van der Waals surface area contributed by atoms with Crippen molar-refractivity contribution in [2.45, 2.75) is 31.7 Å². The fourth-order valence-corrected chi connectivity index (χ4v) is 4.60. The Hall–Kier alpha value is -4.09. The highest BCUT2D eigenvalue weighted by molar-refractivity contribution is 7.90. The molecule has 11 heteroatoms. The van der Waals surface area contributed by atoms with Gasteiger partial charge in [-0.1, -0.05) is 12.1 Å². The van der Waals surface area contributed by atoms with Crippen molar-refractivity contribution in [3.05, 3.63) is 71.0 Å². The highest BCUT2D eigenvalue weighted by atomic mass is 32.2. The first kappa shape index (κ1) is 27.5. The van der Waals surface area contributed by atoms with E-state index >= 15 is 0 Å². The average Bonchev–Trinajstić information content (AvgIpc) is 3.30. The monoisotopic (exact) mass is 525 g/mol. The molecule has 37 heavy (non-hydrogen) atoms. The van der Waals surface area contributed by atoms with Gasteiger partial charge in [0.1, 0.15) is 22.8 Å². The summed E-state index contributed by atoms with van der Waals surface area (Å²) in [5.41, 5.74) is 4.14. The molecule has 4 aromatic rings. The lowest BCUT2D eigenvalue weighted by Gasteiger charge is -2.13. The normalized spacial score (nSPS) is 11.3. The zero-order chi connectivity index (χ0) is 27.1. The first-order valence-corrected chi connectivity index (χ1v) is 12.4. The zero-order valence-electron chi connectivity index (χ0n) is 21.0. The summed E-state index contributed by atoms with van der Waals surface area (Å²) in [6.45, 7) is 5.08. The van der Waals surface area contributed by atoms with E-state index in [-0.39, 0.29) is 17.1 Å². The number of H-pyrrole nitrogens is 1. The second kappa shape index (κ2) is 12.2. The SMILES string of the molecule is CC(=O)Oc1ccccc1C(=O)O.COc1ccc2nc([S+]([O-])Cc3ncc(C)c(OC)c3C)[nH]c2c1. The largest absolute Gasteiger partial charge is 0.609 e. The molecule has 0 amide bonds. The van der Waals surface area contributed by atoms with E-state index in [9.17, 15) is 14.1 Å². The molecule has 0 spiro atoms. The highest BCUT2D eigenvalue weighted by Gasteiger charge is 2.21. The van der Waals surface area contributed by atoms with Crippen molar-refractivity contribution in [1.29, 1.82) is 0 Å². The lowest BCUT2D eigenvalue weighted by atomic mass is 10.1. The van der Waals surface area contributed by atoms with Crippen LogP contribution >= 0.6 is 0 Å². The summed E-state index contributed by atoms with van der Waals surface area (Å²) in [6.07, 6.45) is 1.74. The number of methoxy groups -OCH3 is 2. The lowest BCUT2D eigenvalue weighted by Crippen LogP contribution is -2.10. The molecule has 10 nitrogen and oxygen atoms in total. The van der Waals surface area contributed by atoms with Crippen molar-refractivity contribution in [3.8, 4) is 17.2 Å². The molecular formula is C26H27N3O7S. The van der Waals surface area contributed by atoms with Gasteiger partial charge in [-0.15, -0.1) is 0 Å². The predicted molar refractivity (Wildman–Crippen MR) is 138 cm³/mol. The number of carbonyl (C=O) groups excluding carboxylic acids is 1. The van der Waals surface area contributed by atoms with Crippen molar-refractivity contribution >= 4 is 34.1 Å². The van der Waals surface area contributed by atoms with Crippen molar-refractivity contribution in [2.75, 3.05) is 14.2 Å². The number of aromatic carboxylic acids is 1. The van der Waals surface area contributed by atoms with Crippen LogP contribution in [0.4, 0.5) is 0 Å². The zero-order valence-corrected chi connectivity index (χ0v) is 21.8. The van der Waals surface area contributed by atoms with Gasteiger partial charge < -0.3 is 23.9 Å². The van der Waals surface area contributed by atoms with Gasteiger partial charge in [0.2, 0.25) is 0 Å². The summed E-state index contributed by atoms with van der Waals surface area (Å²) in [4.78, 5) is 33.1. The Labute approximate surface area is 216 Å². The third-order valence-corrected chi connectivity index (χ3v) is 6.43. The number of benzene rings is 2. The van der Waals surface area contributed by atoms with Gasteiger partial charge >= 0.3 is 17.1 Å². The number of imidazole rings is 1. The van der Waals surface area contributed by atoms with Crippen LogP contribution in [0.3, 0.4) is 0 Å². The van der Waals surface area contributed by atoms with Crippen LogP contribution in [-0.2, 0) is 21.7 Å². The molecule has 2 aromatic heterocycles. The number of fused-ring (bicyclic) bond motifs is 1. The van der Waals surface area contributed by atoms with Gasteiger partial charge in [-0.25, -0.2) is 4.79 Å². The van der Waals surface area contributed by atoms with Crippen LogP contribution in [0.1, 0.15) is 34.1 Å². The van der Waals surface area contributed by atoms with Crippen LogP contribution in [0.25, 0.3) is 11.0 Å². The van der Waals surface area contributed by atoms with Crippen molar-refractivity contribution in [1.82, 2.24) is 15.0 Å². The van der Waals surface area contributed by atoms with Gasteiger partial charge in [0.05, 0.1) is 30.9 Å². The van der Waals surface area contributed by atoms with E-state index in [0.717, 1.165) is 39.4 Å². The van der Waals surface area contributed by atoms with Gasteiger partial charge in [0.15, 0.2) is 5.75 Å². The van der Waals surface area contributed by atoms with Gasteiger partial charge in [0.25, 0.3) is 0 Å². The van der Waals surface area contributed by atoms with E-state index in [1.807, 2.05) is 32.0 Å². The van der Waals surface area contributed by atoms with Crippen LogP contribution in [0.2, 0.25) is 0 Å². The Balaban J connectivity index is 0.000000248. The molecule has 0 radical (unpaired) electrons. The molecule has 2 heterocycles. The number of nitrogens with one attached hydrogen (secondary N) is 1. The number of hydrogen-bond acceptors (Lipinski definition) is 8. The second-order valence-electron chi connectivity index (χ2n) is 7.86. The number of nitrogens with zero attached hydrogens (tertiary/aromatic N) is 2. The van der Waals surface area contributed by atoms with Crippen LogP contribution in [0.15, 0.2) is 53.8 Å². The van der Waals surface area contributed by atoms with Crippen LogP contribution in [-0.4, -0.2) is 50.8 Å². The number of ether oxygens (including phenoxy) is 3. The Morgan fingerprint density at radius 1 is 1.11 bits per heavy atom. The van der Waals surface area contributed by atoms with Gasteiger partial charge in [-0.2, -0.15) is 4.98 Å². The Kier molecular flexibility index (Phi) is 9.10. The first-order chi connectivity index (χ1) is 17.6. The number of rotatable bonds is 7. The van der Waals surface area contributed by atoms with Crippen LogP contribution in [0, 0.1) is 13.8 Å². The van der Waals surface area contributed by atoms with E-state index < -0.39 is 23.1 Å². The fraction of sp³-hybridized carbons (Fsp3) is 0.231. The minimum absolute atomic E-state index is 0.0160. The topological polar surface area (TPSA) is 147 Å². The second-order valence-corrected chi connectivity index (χ2v) is 9.22. The molecule has 0 saturated carbocycles. The number of pyridine rings is 1. The molecule has 0 aliphatic heterocycles. The summed E-state index contributed by atoms with van der Waals surface area (Å²) in [5.74, 6) is 0.211. The van der Waals surface area contributed by atoms with E-state index in [1.54, 1.807) is 32.5 Å². The van der Waals surface area contributed by atoms with E-state index in [4.69, 9.17) is 14.6 Å². The molecule has 0 saturated heterocycles. The van der Waals surface area contributed by atoms with Crippen molar-refractivity contribution < 1.29 is 33.5 Å². The third-order valence-electron chi connectivity index (χ3n) is 5.27. The number of hydrogen-bond donors (Lipinski definition) is 2. The maximum atomic E-state index is 12.7. The molecule has 2 aromatic carbocycles. The fourth-order valence-electron chi connectivity index (χ4n) is 3.50. The minimum atomic E-state index is -1.33. The summed E-state index contributed by atoms with van der Waals surface area (Å²) in [7, 11) is 3.23. The summed E-state index contributed by atoms with van der Waals surface area (Å²) < 4.78 is 28.0. The number of aromatic amines is 1. The Bertz CT molecular complexity index is 1420. The minimum Gasteiger partial charge on any atom is -0.609 e. The smallest absolute Gasteiger partial charge is 0.339 e. The number of para-hydroxylation sites is 1. The third kappa shape index (κ3) is 6.78. The Morgan fingerprint density at radius 2 is 1.84 bits per heavy atom. The molecule has 1 unspecified atom stereocenters. The molecule has 0 aliphatic rings. The highest BCUT2D eigenvalue weighted by Crippen LogP contribution is 2.27. The molecule has 4 rings (SSSR count). The molecule has 2 N–H and O–H groups in total. The van der Waals surface area contributed by atoms with Gasteiger partial charge in [0, 0.05) is 41.5 Å². The number of carboxylic acid groups (broad SMARTS) is 1. The molecule has 0 bridgehead atoms. The summed E-state index contributed by atoms with van der Waals surface area (Å²) >= 11 is -1.33. The van der Waals surface area contributed by atoms with E-state index in [0.29, 0.717) is 5.16 Å². The molecule has 0 fully saturated rings. The number of carboxylic acids is 1. The van der Waals surface area contributed by atoms with Crippen LogP contribution < -0.4 is 14.2 Å². The molecule has 0 aliphatic carbocycles. The van der Waals surface area contributed by atoms with Gasteiger partial charge in [-0.3, -0.25) is 14.8 Å². The van der Waals surface area contributed by atoms with Gasteiger partial charge in [-0.05, 0) is 38.1 Å². The predicted octanol–water partition coefficient (Wildman–Crippen LogP) is 4.21. The lowest BCUT2D eigenvalue weighted by molar-refractivity contribution is -0.131. The number of aryl methyl sites for hydroxylation is 1. The molecule has 1 atom stereocenters. The number of esters is 1. The number of carbonyl (C=O) groups is 2. The Morgan fingerprint density at radius 3 is 2.49 bits per heavy atom. The molecule has 194 valence electrons. The standard InChI is InChI=1S/C17H19N3O3S.C9H8O4/c1-10-8-18-15(11(2)16(10)23-4)9-24(21)17-19-13-6-5-12(22-3)7-14(13)20-17;1-6(10)13-8-5-3-2-4-7(8)9(11)12/h5-8H,9H2,1-4H3,(H,19,20);2-5H,1H3,(H,11,12). The quantitative estimate of drug-likeness (QED) is 0.206. The van der Waals surface area contributed by atoms with Crippen LogP contribution in [0.5, 0.6) is 17.2 Å². The maximum absolute atomic E-state index is 12.7. The van der Waals surface area contributed by atoms with E-state index in [1.165, 1.54) is 19.1 Å². The van der Waals surface area contributed by atoms with Crippen molar-refractivity contribution in [3.63, 3.8) is 0 Å². The maximum Gasteiger partial charge on any atom is 0.339 e.